The standard InChI is InChI=1S/C20H31N3O3S2/c1-16-10-12-23(13-11-16)20(24)15-27-19-9-8-18(14-21-19)28(25,26)22(2)17-6-4-3-5-7-17/h8-9,14,16-17H,3-7,10-13,15H2,1-2H3. The molecule has 1 aliphatic carbocycles. The van der Waals surface area contributed by atoms with E-state index in [9.17, 15) is 13.2 Å². The molecule has 2 heterocycles. The second-order valence-electron chi connectivity index (χ2n) is 8.00. The van der Waals surface area contributed by atoms with Crippen LogP contribution in [0.5, 0.6) is 0 Å². The third-order valence-electron chi connectivity index (χ3n) is 5.95. The Hall–Kier alpha value is -1.12. The molecular formula is C20H31N3O3S2. The third kappa shape index (κ3) is 5.27. The maximum Gasteiger partial charge on any atom is 0.244 e. The molecule has 0 unspecified atom stereocenters. The number of sulfonamides is 1. The number of hydrogen-bond acceptors (Lipinski definition) is 5. The summed E-state index contributed by atoms with van der Waals surface area (Å²) in [7, 11) is -1.85. The van der Waals surface area contributed by atoms with Crippen LogP contribution in [0.25, 0.3) is 0 Å². The predicted octanol–water partition coefficient (Wildman–Crippen LogP) is 3.39. The summed E-state index contributed by atoms with van der Waals surface area (Å²) in [5.41, 5.74) is 0. The Bertz CT molecular complexity index is 753. The SMILES string of the molecule is CC1CCN(C(=O)CSc2ccc(S(=O)(=O)N(C)C3CCCCC3)cn2)CC1. The highest BCUT2D eigenvalue weighted by Gasteiger charge is 2.29. The summed E-state index contributed by atoms with van der Waals surface area (Å²) in [5.74, 6) is 1.17. The van der Waals surface area contributed by atoms with E-state index in [1.165, 1.54) is 28.7 Å². The van der Waals surface area contributed by atoms with E-state index in [2.05, 4.69) is 11.9 Å². The lowest BCUT2D eigenvalue weighted by Crippen LogP contribution is -2.38. The minimum Gasteiger partial charge on any atom is -0.342 e. The Morgan fingerprint density at radius 2 is 1.86 bits per heavy atom. The van der Waals surface area contributed by atoms with Gasteiger partial charge in [0.1, 0.15) is 4.90 Å². The highest BCUT2D eigenvalue weighted by molar-refractivity contribution is 7.99. The smallest absolute Gasteiger partial charge is 0.244 e. The maximum absolute atomic E-state index is 12.9. The van der Waals surface area contributed by atoms with Crippen LogP contribution in [0.3, 0.4) is 0 Å². The predicted molar refractivity (Wildman–Crippen MR) is 112 cm³/mol. The van der Waals surface area contributed by atoms with Gasteiger partial charge in [-0.1, -0.05) is 37.9 Å². The van der Waals surface area contributed by atoms with Gasteiger partial charge in [-0.05, 0) is 43.7 Å². The zero-order chi connectivity index (χ0) is 20.1. The Morgan fingerprint density at radius 3 is 2.46 bits per heavy atom. The molecule has 1 amide bonds. The normalized spacial score (nSPS) is 19.9. The van der Waals surface area contributed by atoms with E-state index in [1.54, 1.807) is 19.2 Å². The topological polar surface area (TPSA) is 70.6 Å². The average Bonchev–Trinajstić information content (AvgIpc) is 2.73. The molecule has 2 fully saturated rings. The molecule has 156 valence electrons. The van der Waals surface area contributed by atoms with Crippen molar-refractivity contribution in [2.45, 2.75) is 67.8 Å². The van der Waals surface area contributed by atoms with Gasteiger partial charge in [0.15, 0.2) is 0 Å². The second kappa shape index (κ2) is 9.59. The van der Waals surface area contributed by atoms with Crippen molar-refractivity contribution in [1.82, 2.24) is 14.2 Å². The van der Waals surface area contributed by atoms with Gasteiger partial charge in [0, 0.05) is 32.4 Å². The van der Waals surface area contributed by atoms with Crippen molar-refractivity contribution in [3.8, 4) is 0 Å². The molecule has 3 rings (SSSR count). The average molecular weight is 426 g/mol. The fraction of sp³-hybridized carbons (Fsp3) is 0.700. The molecule has 0 spiro atoms. The molecule has 28 heavy (non-hydrogen) atoms. The molecule has 1 aromatic rings. The van der Waals surface area contributed by atoms with E-state index in [0.717, 1.165) is 51.6 Å². The summed E-state index contributed by atoms with van der Waals surface area (Å²) in [5, 5.41) is 0.679. The fourth-order valence-electron chi connectivity index (χ4n) is 3.90. The van der Waals surface area contributed by atoms with Crippen LogP contribution in [0.15, 0.2) is 28.3 Å². The molecular weight excluding hydrogens is 394 g/mol. The first-order valence-electron chi connectivity index (χ1n) is 10.2. The number of likely N-dealkylation sites (tertiary alicyclic amines) is 1. The zero-order valence-corrected chi connectivity index (χ0v) is 18.5. The number of carbonyl (C=O) groups excluding carboxylic acids is 1. The van der Waals surface area contributed by atoms with Gasteiger partial charge in [-0.25, -0.2) is 13.4 Å². The van der Waals surface area contributed by atoms with Gasteiger partial charge in [-0.2, -0.15) is 4.31 Å². The first-order valence-corrected chi connectivity index (χ1v) is 12.6. The van der Waals surface area contributed by atoms with Crippen molar-refractivity contribution in [3.63, 3.8) is 0 Å². The number of hydrogen-bond donors (Lipinski definition) is 0. The van der Waals surface area contributed by atoms with E-state index in [0.29, 0.717) is 16.7 Å². The highest BCUT2D eigenvalue weighted by atomic mass is 32.2. The first-order chi connectivity index (χ1) is 13.4. The van der Waals surface area contributed by atoms with Crippen LogP contribution < -0.4 is 0 Å². The minimum absolute atomic E-state index is 0.0812. The second-order valence-corrected chi connectivity index (χ2v) is 11.0. The molecule has 8 heteroatoms. The molecule has 1 saturated heterocycles. The van der Waals surface area contributed by atoms with Gasteiger partial charge < -0.3 is 4.90 Å². The van der Waals surface area contributed by atoms with E-state index < -0.39 is 10.0 Å². The van der Waals surface area contributed by atoms with Crippen molar-refractivity contribution < 1.29 is 13.2 Å². The molecule has 1 aromatic heterocycles. The van der Waals surface area contributed by atoms with E-state index in [-0.39, 0.29) is 16.8 Å². The Labute approximate surface area is 173 Å². The summed E-state index contributed by atoms with van der Waals surface area (Å²) in [6, 6.07) is 3.40. The van der Waals surface area contributed by atoms with E-state index in [1.807, 2.05) is 4.90 Å². The zero-order valence-electron chi connectivity index (χ0n) is 16.8. The molecule has 1 saturated carbocycles. The van der Waals surface area contributed by atoms with Crippen LogP contribution in [0, 0.1) is 5.92 Å². The molecule has 2 aliphatic rings. The quantitative estimate of drug-likeness (QED) is 0.654. The van der Waals surface area contributed by atoms with Gasteiger partial charge in [0.25, 0.3) is 0 Å². The minimum atomic E-state index is -3.52. The molecule has 1 aliphatic heterocycles. The lowest BCUT2D eigenvalue weighted by Gasteiger charge is -2.30. The van der Waals surface area contributed by atoms with Crippen LogP contribution in [0.1, 0.15) is 51.9 Å². The molecule has 6 nitrogen and oxygen atoms in total. The Kier molecular flexibility index (Phi) is 7.39. The fourth-order valence-corrected chi connectivity index (χ4v) is 6.00. The van der Waals surface area contributed by atoms with Crippen molar-refractivity contribution in [2.24, 2.45) is 5.92 Å². The van der Waals surface area contributed by atoms with Gasteiger partial charge >= 0.3 is 0 Å². The summed E-state index contributed by atoms with van der Waals surface area (Å²) in [4.78, 5) is 18.8. The number of carbonyl (C=O) groups is 1. The van der Waals surface area contributed by atoms with Crippen LogP contribution in [0.2, 0.25) is 0 Å². The summed E-state index contributed by atoms with van der Waals surface area (Å²) < 4.78 is 27.2. The number of piperidine rings is 1. The Balaban J connectivity index is 1.56. The van der Waals surface area contributed by atoms with Gasteiger partial charge in [-0.3, -0.25) is 4.79 Å². The monoisotopic (exact) mass is 425 g/mol. The summed E-state index contributed by atoms with van der Waals surface area (Å²) >= 11 is 1.37. The van der Waals surface area contributed by atoms with E-state index in [4.69, 9.17) is 0 Å². The highest BCUT2D eigenvalue weighted by Crippen LogP contribution is 2.27. The molecule has 0 aromatic carbocycles. The van der Waals surface area contributed by atoms with Crippen molar-refractivity contribution in [3.05, 3.63) is 18.3 Å². The number of amides is 1. The number of nitrogens with zero attached hydrogens (tertiary/aromatic N) is 3. The molecule has 0 radical (unpaired) electrons. The Morgan fingerprint density at radius 1 is 1.18 bits per heavy atom. The van der Waals surface area contributed by atoms with Crippen molar-refractivity contribution >= 4 is 27.7 Å². The summed E-state index contributed by atoms with van der Waals surface area (Å²) in [6.07, 6.45) is 8.76. The van der Waals surface area contributed by atoms with Crippen LogP contribution in [-0.4, -0.2) is 60.4 Å². The van der Waals surface area contributed by atoms with Gasteiger partial charge in [0.2, 0.25) is 15.9 Å². The third-order valence-corrected chi connectivity index (χ3v) is 8.78. The molecule has 0 bridgehead atoms. The number of pyridine rings is 1. The summed E-state index contributed by atoms with van der Waals surface area (Å²) in [6.45, 7) is 3.89. The lowest BCUT2D eigenvalue weighted by molar-refractivity contribution is -0.129. The van der Waals surface area contributed by atoms with E-state index >= 15 is 0 Å². The largest absolute Gasteiger partial charge is 0.342 e. The maximum atomic E-state index is 12.9. The van der Waals surface area contributed by atoms with Crippen LogP contribution in [0.4, 0.5) is 0 Å². The van der Waals surface area contributed by atoms with Gasteiger partial charge in [-0.15, -0.1) is 0 Å². The van der Waals surface area contributed by atoms with Crippen LogP contribution >= 0.6 is 11.8 Å². The lowest BCUT2D eigenvalue weighted by atomic mass is 9.96. The molecule has 0 atom stereocenters. The molecule has 0 N–H and O–H groups in total. The number of thioether (sulfide) groups is 1. The van der Waals surface area contributed by atoms with Crippen LogP contribution in [-0.2, 0) is 14.8 Å². The first kappa shape index (κ1) is 21.6. The van der Waals surface area contributed by atoms with Crippen molar-refractivity contribution in [1.29, 1.82) is 0 Å². The van der Waals surface area contributed by atoms with Gasteiger partial charge in [0.05, 0.1) is 10.8 Å². The number of aromatic nitrogens is 1. The number of rotatable bonds is 6. The van der Waals surface area contributed by atoms with Crippen molar-refractivity contribution in [2.75, 3.05) is 25.9 Å².